The lowest BCUT2D eigenvalue weighted by Gasteiger charge is -2.34. The van der Waals surface area contributed by atoms with Crippen molar-refractivity contribution in [2.24, 2.45) is 0 Å². The molecule has 0 saturated carbocycles. The summed E-state index contributed by atoms with van der Waals surface area (Å²) in [5, 5.41) is 4.11. The number of Topliss-reactive ketones (excluding diaryl/α,β-unsaturated/α-hetero) is 1. The minimum absolute atomic E-state index is 0.0104. The molecule has 1 aromatic heterocycles. The van der Waals surface area contributed by atoms with Crippen molar-refractivity contribution in [2.75, 3.05) is 6.54 Å². The van der Waals surface area contributed by atoms with Gasteiger partial charge in [-0.15, -0.1) is 0 Å². The van der Waals surface area contributed by atoms with Gasteiger partial charge in [0.15, 0.2) is 5.78 Å². The van der Waals surface area contributed by atoms with Crippen LogP contribution in [0.4, 0.5) is 0 Å². The highest BCUT2D eigenvalue weighted by Crippen LogP contribution is 2.25. The molecule has 2 aromatic rings. The van der Waals surface area contributed by atoms with Crippen molar-refractivity contribution in [2.45, 2.75) is 64.5 Å². The van der Waals surface area contributed by atoms with Crippen molar-refractivity contribution in [3.05, 3.63) is 53.4 Å². The molecule has 0 unspecified atom stereocenters. The number of carbonyl (C=O) groups is 1. The van der Waals surface area contributed by atoms with Crippen LogP contribution in [0.15, 0.2) is 40.9 Å². The van der Waals surface area contributed by atoms with E-state index in [-0.39, 0.29) is 17.2 Å². The van der Waals surface area contributed by atoms with Crippen molar-refractivity contribution < 1.29 is 9.32 Å². The van der Waals surface area contributed by atoms with Gasteiger partial charge in [-0.1, -0.05) is 62.7 Å². The molecule has 1 aliphatic rings. The number of ketones is 1. The Morgan fingerprint density at radius 3 is 2.68 bits per heavy atom. The van der Waals surface area contributed by atoms with Gasteiger partial charge in [-0.3, -0.25) is 9.69 Å². The van der Waals surface area contributed by atoms with Gasteiger partial charge in [-0.25, -0.2) is 0 Å². The Morgan fingerprint density at radius 1 is 1.24 bits per heavy atom. The quantitative estimate of drug-likeness (QED) is 0.821. The van der Waals surface area contributed by atoms with Crippen LogP contribution in [0.25, 0.3) is 0 Å². The lowest BCUT2D eigenvalue weighted by Crippen LogP contribution is -2.44. The van der Waals surface area contributed by atoms with E-state index in [0.29, 0.717) is 6.42 Å². The van der Waals surface area contributed by atoms with Crippen LogP contribution in [0.5, 0.6) is 0 Å². The highest BCUT2D eigenvalue weighted by molar-refractivity contribution is 5.85. The predicted octanol–water partition coefficient (Wildman–Crippen LogP) is 4.14. The number of carbonyl (C=O) groups excluding carboxylic acids is 1. The Hall–Kier alpha value is -1.94. The lowest BCUT2D eigenvalue weighted by atomic mass is 9.92. The molecule has 0 N–H and O–H groups in total. The summed E-state index contributed by atoms with van der Waals surface area (Å²) in [6.45, 7) is 8.08. The van der Waals surface area contributed by atoms with E-state index in [1.807, 2.05) is 12.1 Å². The molecule has 1 atom stereocenters. The Labute approximate surface area is 150 Å². The summed E-state index contributed by atoms with van der Waals surface area (Å²) in [6.07, 6.45) is 3.58. The van der Waals surface area contributed by atoms with E-state index >= 15 is 0 Å². The molecule has 1 fully saturated rings. The number of hydrogen-bond donors (Lipinski definition) is 0. The molecule has 4 nitrogen and oxygen atoms in total. The lowest BCUT2D eigenvalue weighted by molar-refractivity contribution is -0.125. The Kier molecular flexibility index (Phi) is 5.38. The smallest absolute Gasteiger partial charge is 0.156 e. The first-order valence-electron chi connectivity index (χ1n) is 9.20. The summed E-state index contributed by atoms with van der Waals surface area (Å²) < 4.78 is 5.42. The van der Waals surface area contributed by atoms with Gasteiger partial charge >= 0.3 is 0 Å². The van der Waals surface area contributed by atoms with Crippen LogP contribution in [0.3, 0.4) is 0 Å². The Bertz CT molecular complexity index is 700. The van der Waals surface area contributed by atoms with Gasteiger partial charge in [0.05, 0.1) is 18.2 Å². The fraction of sp³-hybridized carbons (Fsp3) is 0.524. The van der Waals surface area contributed by atoms with Gasteiger partial charge < -0.3 is 4.52 Å². The van der Waals surface area contributed by atoms with Crippen LogP contribution in [-0.2, 0) is 23.2 Å². The van der Waals surface area contributed by atoms with Crippen LogP contribution in [-0.4, -0.2) is 28.4 Å². The molecular weight excluding hydrogens is 312 g/mol. The SMILES string of the molecule is CC(C)(C)c1cc(CC(=O)[C@@H]2CCCCN2Cc2ccccc2)no1. The molecule has 0 aliphatic carbocycles. The third-order valence-corrected chi connectivity index (χ3v) is 4.87. The van der Waals surface area contributed by atoms with Gasteiger partial charge in [0.25, 0.3) is 0 Å². The molecule has 2 heterocycles. The molecule has 25 heavy (non-hydrogen) atoms. The minimum atomic E-state index is -0.0848. The summed E-state index contributed by atoms with van der Waals surface area (Å²) >= 11 is 0. The average molecular weight is 340 g/mol. The van der Waals surface area contributed by atoms with Gasteiger partial charge in [0.2, 0.25) is 0 Å². The standard InChI is InChI=1S/C21H28N2O2/c1-21(2,3)20-14-17(22-25-20)13-19(24)18-11-7-8-12-23(18)15-16-9-5-4-6-10-16/h4-6,9-10,14,18H,7-8,11-13,15H2,1-3H3/t18-/m0/s1. The van der Waals surface area contributed by atoms with Crippen LogP contribution in [0.2, 0.25) is 0 Å². The molecule has 1 aromatic carbocycles. The maximum Gasteiger partial charge on any atom is 0.156 e. The number of nitrogens with zero attached hydrogens (tertiary/aromatic N) is 2. The monoisotopic (exact) mass is 340 g/mol. The van der Waals surface area contributed by atoms with Crippen molar-refractivity contribution >= 4 is 5.78 Å². The number of piperidine rings is 1. The number of benzene rings is 1. The second-order valence-electron chi connectivity index (χ2n) is 8.04. The third-order valence-electron chi connectivity index (χ3n) is 4.87. The van der Waals surface area contributed by atoms with Gasteiger partial charge in [0.1, 0.15) is 5.76 Å². The van der Waals surface area contributed by atoms with E-state index < -0.39 is 0 Å². The first-order chi connectivity index (χ1) is 11.9. The number of aromatic nitrogens is 1. The summed E-state index contributed by atoms with van der Waals surface area (Å²) in [4.78, 5) is 15.2. The van der Waals surface area contributed by atoms with E-state index in [2.05, 4.69) is 55.1 Å². The molecule has 0 radical (unpaired) electrons. The molecule has 1 aliphatic heterocycles. The minimum Gasteiger partial charge on any atom is -0.361 e. The zero-order valence-corrected chi connectivity index (χ0v) is 15.5. The second kappa shape index (κ2) is 7.52. The second-order valence-corrected chi connectivity index (χ2v) is 8.04. The van der Waals surface area contributed by atoms with Gasteiger partial charge in [-0.2, -0.15) is 0 Å². The normalized spacial score (nSPS) is 19.1. The zero-order valence-electron chi connectivity index (χ0n) is 15.5. The maximum absolute atomic E-state index is 12.9. The van der Waals surface area contributed by atoms with E-state index in [9.17, 15) is 4.79 Å². The molecule has 134 valence electrons. The number of likely N-dealkylation sites (tertiary alicyclic amines) is 1. The van der Waals surface area contributed by atoms with Crippen molar-refractivity contribution in [1.82, 2.24) is 10.1 Å². The van der Waals surface area contributed by atoms with Gasteiger partial charge in [0, 0.05) is 18.0 Å². The molecule has 3 rings (SSSR count). The molecular formula is C21H28N2O2. The highest BCUT2D eigenvalue weighted by Gasteiger charge is 2.29. The van der Waals surface area contributed by atoms with Crippen molar-refractivity contribution in [3.63, 3.8) is 0 Å². The van der Waals surface area contributed by atoms with Crippen LogP contribution in [0, 0.1) is 0 Å². The molecule has 0 spiro atoms. The first-order valence-corrected chi connectivity index (χ1v) is 9.20. The summed E-state index contributed by atoms with van der Waals surface area (Å²) in [7, 11) is 0. The highest BCUT2D eigenvalue weighted by atomic mass is 16.5. The Morgan fingerprint density at radius 2 is 2.00 bits per heavy atom. The summed E-state index contributed by atoms with van der Waals surface area (Å²) in [5.41, 5.74) is 1.93. The fourth-order valence-electron chi connectivity index (χ4n) is 3.41. The van der Waals surface area contributed by atoms with Crippen LogP contribution in [0.1, 0.15) is 57.1 Å². The summed E-state index contributed by atoms with van der Waals surface area (Å²) in [5.74, 6) is 1.09. The van der Waals surface area contributed by atoms with Crippen molar-refractivity contribution in [3.8, 4) is 0 Å². The number of hydrogen-bond acceptors (Lipinski definition) is 4. The molecule has 0 amide bonds. The van der Waals surface area contributed by atoms with E-state index in [1.54, 1.807) is 0 Å². The summed E-state index contributed by atoms with van der Waals surface area (Å²) in [6, 6.07) is 12.3. The maximum atomic E-state index is 12.9. The molecule has 1 saturated heterocycles. The number of rotatable bonds is 5. The average Bonchev–Trinajstić information content (AvgIpc) is 3.05. The topological polar surface area (TPSA) is 46.3 Å². The fourth-order valence-corrected chi connectivity index (χ4v) is 3.41. The van der Waals surface area contributed by atoms with E-state index in [1.165, 1.54) is 5.56 Å². The molecule has 0 bridgehead atoms. The van der Waals surface area contributed by atoms with Crippen molar-refractivity contribution in [1.29, 1.82) is 0 Å². The third kappa shape index (κ3) is 4.57. The van der Waals surface area contributed by atoms with E-state index in [0.717, 1.165) is 43.8 Å². The van der Waals surface area contributed by atoms with Crippen LogP contribution >= 0.6 is 0 Å². The predicted molar refractivity (Wildman–Crippen MR) is 98.4 cm³/mol. The van der Waals surface area contributed by atoms with Crippen LogP contribution < -0.4 is 0 Å². The Balaban J connectivity index is 1.67. The largest absolute Gasteiger partial charge is 0.361 e. The van der Waals surface area contributed by atoms with E-state index in [4.69, 9.17) is 4.52 Å². The molecule has 4 heteroatoms. The zero-order chi connectivity index (χ0) is 17.9. The first kappa shape index (κ1) is 17.9. The van der Waals surface area contributed by atoms with Gasteiger partial charge in [-0.05, 0) is 24.9 Å².